The summed E-state index contributed by atoms with van der Waals surface area (Å²) in [5.74, 6) is 1.13. The molecular weight excluding hydrogens is 540 g/mol. The number of nitrogens with one attached hydrogen (secondary N) is 1. The molecule has 3 amide bonds. The lowest BCUT2D eigenvalue weighted by atomic mass is 9.92. The van der Waals surface area contributed by atoms with Gasteiger partial charge < -0.3 is 19.5 Å². The maximum atomic E-state index is 13.8. The van der Waals surface area contributed by atoms with Crippen molar-refractivity contribution < 1.29 is 18.8 Å². The van der Waals surface area contributed by atoms with E-state index in [9.17, 15) is 9.59 Å². The van der Waals surface area contributed by atoms with Gasteiger partial charge in [0.05, 0.1) is 0 Å². The lowest BCUT2D eigenvalue weighted by Crippen LogP contribution is -2.45. The standard InChI is InChI=1S/C35H40N4O4/c1-5-42-31(34(40)39-21-19-24(2)20-22-39)23-29-28(26-13-8-6-9-14-26)17-12-18-30(29)38(4)35(41)36-32-25(3)43-37-33(32)27-15-10-7-11-16-27/h6-18,24,31H,5,19-23H2,1-4H3,(H,36,41). The summed E-state index contributed by atoms with van der Waals surface area (Å²) in [4.78, 5) is 31.1. The van der Waals surface area contributed by atoms with Crippen LogP contribution in [-0.2, 0) is 16.0 Å². The van der Waals surface area contributed by atoms with Crippen LogP contribution in [0.15, 0.2) is 83.4 Å². The Labute approximate surface area is 253 Å². The molecular formula is C35H40N4O4. The minimum atomic E-state index is -0.663. The van der Waals surface area contributed by atoms with E-state index in [0.29, 0.717) is 41.8 Å². The first-order chi connectivity index (χ1) is 20.9. The third kappa shape index (κ3) is 6.81. The number of ether oxygens (including phenoxy) is 1. The largest absolute Gasteiger partial charge is 0.368 e. The van der Waals surface area contributed by atoms with Gasteiger partial charge in [-0.25, -0.2) is 4.79 Å². The van der Waals surface area contributed by atoms with Crippen molar-refractivity contribution in [2.75, 3.05) is 37.0 Å². The summed E-state index contributed by atoms with van der Waals surface area (Å²) in [5.41, 5.74) is 5.45. The highest BCUT2D eigenvalue weighted by atomic mass is 16.5. The SMILES string of the molecule is CCOC(Cc1c(-c2ccccc2)cccc1N(C)C(=O)Nc1c(-c2ccccc2)noc1C)C(=O)N1CCC(C)CC1. The van der Waals surface area contributed by atoms with E-state index in [1.807, 2.05) is 90.7 Å². The lowest BCUT2D eigenvalue weighted by molar-refractivity contribution is -0.144. The van der Waals surface area contributed by atoms with E-state index in [1.54, 1.807) is 18.9 Å². The van der Waals surface area contributed by atoms with Crippen LogP contribution in [0.25, 0.3) is 22.4 Å². The molecule has 8 heteroatoms. The Balaban J connectivity index is 1.49. The third-order valence-electron chi connectivity index (χ3n) is 8.17. The van der Waals surface area contributed by atoms with E-state index in [1.165, 1.54) is 0 Å². The van der Waals surface area contributed by atoms with Gasteiger partial charge in [0, 0.05) is 44.4 Å². The summed E-state index contributed by atoms with van der Waals surface area (Å²) in [7, 11) is 1.73. The number of urea groups is 1. The first-order valence-electron chi connectivity index (χ1n) is 15.0. The number of carbonyl (C=O) groups is 2. The molecule has 0 spiro atoms. The Morgan fingerprint density at radius 1 is 1.00 bits per heavy atom. The Kier molecular flexibility index (Phi) is 9.57. The van der Waals surface area contributed by atoms with Crippen LogP contribution in [0.5, 0.6) is 0 Å². The molecule has 0 aliphatic carbocycles. The Morgan fingerprint density at radius 2 is 1.65 bits per heavy atom. The van der Waals surface area contributed by atoms with Gasteiger partial charge in [0.2, 0.25) is 0 Å². The smallest absolute Gasteiger partial charge is 0.326 e. The van der Waals surface area contributed by atoms with Crippen LogP contribution in [0.3, 0.4) is 0 Å². The molecule has 1 aliphatic rings. The number of aromatic nitrogens is 1. The average Bonchev–Trinajstić information content (AvgIpc) is 3.40. The van der Waals surface area contributed by atoms with Crippen molar-refractivity contribution >= 4 is 23.3 Å². The fraction of sp³-hybridized carbons (Fsp3) is 0.343. The van der Waals surface area contributed by atoms with E-state index in [0.717, 1.165) is 48.2 Å². The number of hydrogen-bond acceptors (Lipinski definition) is 5. The predicted octanol–water partition coefficient (Wildman–Crippen LogP) is 7.19. The monoisotopic (exact) mass is 580 g/mol. The van der Waals surface area contributed by atoms with Crippen LogP contribution in [0.2, 0.25) is 0 Å². The second kappa shape index (κ2) is 13.7. The highest BCUT2D eigenvalue weighted by Crippen LogP contribution is 2.35. The van der Waals surface area contributed by atoms with Gasteiger partial charge in [-0.05, 0) is 55.4 Å². The van der Waals surface area contributed by atoms with Gasteiger partial charge >= 0.3 is 6.03 Å². The van der Waals surface area contributed by atoms with Gasteiger partial charge in [-0.2, -0.15) is 0 Å². The Bertz CT molecular complexity index is 1530. The molecule has 0 saturated carbocycles. The normalized spacial score (nSPS) is 14.4. The number of carbonyl (C=O) groups excluding carboxylic acids is 2. The number of rotatable bonds is 9. The van der Waals surface area contributed by atoms with Crippen LogP contribution < -0.4 is 10.2 Å². The topological polar surface area (TPSA) is 87.9 Å². The number of hydrogen-bond donors (Lipinski definition) is 1. The van der Waals surface area contributed by atoms with E-state index in [-0.39, 0.29) is 11.9 Å². The van der Waals surface area contributed by atoms with Crippen molar-refractivity contribution in [3.05, 3.63) is 90.2 Å². The first-order valence-corrected chi connectivity index (χ1v) is 15.0. The van der Waals surface area contributed by atoms with Crippen molar-refractivity contribution in [1.82, 2.24) is 10.1 Å². The minimum absolute atomic E-state index is 0.00210. The van der Waals surface area contributed by atoms with Gasteiger partial charge in [0.1, 0.15) is 17.5 Å². The van der Waals surface area contributed by atoms with Gasteiger partial charge in [-0.1, -0.05) is 84.9 Å². The van der Waals surface area contributed by atoms with Crippen LogP contribution >= 0.6 is 0 Å². The summed E-state index contributed by atoms with van der Waals surface area (Å²) in [6, 6.07) is 25.2. The molecule has 1 N–H and O–H groups in total. The van der Waals surface area contributed by atoms with Crippen LogP contribution in [0, 0.1) is 12.8 Å². The fourth-order valence-electron chi connectivity index (χ4n) is 5.64. The maximum Gasteiger partial charge on any atom is 0.326 e. The van der Waals surface area contributed by atoms with Crippen molar-refractivity contribution in [2.45, 2.75) is 46.1 Å². The molecule has 1 fully saturated rings. The number of likely N-dealkylation sites (tertiary alicyclic amines) is 1. The summed E-state index contributed by atoms with van der Waals surface area (Å²) >= 11 is 0. The van der Waals surface area contributed by atoms with Gasteiger partial charge in [-0.15, -0.1) is 0 Å². The zero-order valence-corrected chi connectivity index (χ0v) is 25.4. The van der Waals surface area contributed by atoms with Gasteiger partial charge in [0.15, 0.2) is 5.76 Å². The van der Waals surface area contributed by atoms with Crippen molar-refractivity contribution in [1.29, 1.82) is 0 Å². The molecule has 1 unspecified atom stereocenters. The Hall–Kier alpha value is -4.43. The molecule has 224 valence electrons. The average molecular weight is 581 g/mol. The number of piperidine rings is 1. The molecule has 4 aromatic rings. The highest BCUT2D eigenvalue weighted by Gasteiger charge is 2.30. The molecule has 1 aliphatic heterocycles. The molecule has 8 nitrogen and oxygen atoms in total. The molecule has 5 rings (SSSR count). The quantitative estimate of drug-likeness (QED) is 0.226. The first kappa shape index (κ1) is 30.0. The number of anilines is 2. The third-order valence-corrected chi connectivity index (χ3v) is 8.17. The second-order valence-corrected chi connectivity index (χ2v) is 11.1. The lowest BCUT2D eigenvalue weighted by Gasteiger charge is -2.33. The molecule has 0 bridgehead atoms. The molecule has 1 saturated heterocycles. The van der Waals surface area contributed by atoms with Crippen LogP contribution in [0.1, 0.15) is 38.0 Å². The van der Waals surface area contributed by atoms with Crippen molar-refractivity contribution in [2.24, 2.45) is 5.92 Å². The van der Waals surface area contributed by atoms with E-state index >= 15 is 0 Å². The highest BCUT2D eigenvalue weighted by molar-refractivity contribution is 6.04. The zero-order chi connectivity index (χ0) is 30.3. The van der Waals surface area contributed by atoms with Crippen LogP contribution in [-0.4, -0.2) is 54.8 Å². The zero-order valence-electron chi connectivity index (χ0n) is 25.4. The van der Waals surface area contributed by atoms with Crippen molar-refractivity contribution in [3.63, 3.8) is 0 Å². The van der Waals surface area contributed by atoms with Gasteiger partial charge in [0.25, 0.3) is 5.91 Å². The summed E-state index contributed by atoms with van der Waals surface area (Å²) in [6.07, 6.45) is 1.65. The fourth-order valence-corrected chi connectivity index (χ4v) is 5.64. The number of amides is 3. The van der Waals surface area contributed by atoms with Gasteiger partial charge in [-0.3, -0.25) is 9.69 Å². The van der Waals surface area contributed by atoms with Crippen molar-refractivity contribution in [3.8, 4) is 22.4 Å². The molecule has 3 aromatic carbocycles. The second-order valence-electron chi connectivity index (χ2n) is 11.1. The Morgan fingerprint density at radius 3 is 2.30 bits per heavy atom. The molecule has 1 aromatic heterocycles. The minimum Gasteiger partial charge on any atom is -0.368 e. The summed E-state index contributed by atoms with van der Waals surface area (Å²) < 4.78 is 11.6. The summed E-state index contributed by atoms with van der Waals surface area (Å²) in [5, 5.41) is 7.23. The summed E-state index contributed by atoms with van der Waals surface area (Å²) in [6.45, 7) is 7.80. The predicted molar refractivity (Wildman–Crippen MR) is 170 cm³/mol. The molecule has 2 heterocycles. The number of aryl methyl sites for hydroxylation is 1. The molecule has 0 radical (unpaired) electrons. The number of benzene rings is 3. The van der Waals surface area contributed by atoms with E-state index in [2.05, 4.69) is 17.4 Å². The molecule has 1 atom stereocenters. The molecule has 43 heavy (non-hydrogen) atoms. The van der Waals surface area contributed by atoms with E-state index in [4.69, 9.17) is 9.26 Å². The van der Waals surface area contributed by atoms with E-state index < -0.39 is 6.10 Å². The maximum absolute atomic E-state index is 13.8. The number of nitrogens with zero attached hydrogens (tertiary/aromatic N) is 3. The van der Waals surface area contributed by atoms with Crippen LogP contribution in [0.4, 0.5) is 16.2 Å².